The normalized spacial score (nSPS) is 11.8. The van der Waals surface area contributed by atoms with E-state index in [0.717, 1.165) is 10.6 Å². The molecule has 0 aliphatic rings. The van der Waals surface area contributed by atoms with E-state index in [1.165, 1.54) is 61.1 Å². The van der Waals surface area contributed by atoms with E-state index in [0.29, 0.717) is 11.5 Å². The van der Waals surface area contributed by atoms with Crippen molar-refractivity contribution >= 4 is 31.7 Å². The number of sulfonamides is 1. The van der Waals surface area contributed by atoms with E-state index in [1.807, 2.05) is 0 Å². The van der Waals surface area contributed by atoms with Crippen molar-refractivity contribution in [2.45, 2.75) is 16.2 Å². The van der Waals surface area contributed by atoms with Crippen LogP contribution in [0, 0.1) is 0 Å². The molecule has 2 aromatic carbocycles. The van der Waals surface area contributed by atoms with Gasteiger partial charge in [0.2, 0.25) is 15.9 Å². The third-order valence-corrected chi connectivity index (χ3v) is 7.25. The van der Waals surface area contributed by atoms with Crippen molar-refractivity contribution < 1.29 is 36.4 Å². The Morgan fingerprint density at radius 1 is 0.906 bits per heavy atom. The Morgan fingerprint density at radius 3 is 1.84 bits per heavy atom. The first-order valence-corrected chi connectivity index (χ1v) is 12.5. The van der Waals surface area contributed by atoms with Gasteiger partial charge in [0.1, 0.15) is 11.5 Å². The van der Waals surface area contributed by atoms with Crippen molar-refractivity contribution in [2.24, 2.45) is 0 Å². The minimum atomic E-state index is -4.16. The quantitative estimate of drug-likeness (QED) is 0.324. The van der Waals surface area contributed by atoms with Crippen molar-refractivity contribution in [2.75, 3.05) is 26.4 Å². The van der Waals surface area contributed by atoms with Gasteiger partial charge in [0, 0.05) is 26.3 Å². The van der Waals surface area contributed by atoms with E-state index >= 15 is 0 Å². The summed E-state index contributed by atoms with van der Waals surface area (Å²) in [5, 5.41) is 11.1. The Morgan fingerprint density at radius 2 is 1.41 bits per heavy atom. The zero-order chi connectivity index (χ0) is 23.9. The average molecular weight is 486 g/mol. The second-order valence-electron chi connectivity index (χ2n) is 6.61. The summed E-state index contributed by atoms with van der Waals surface area (Å²) >= 11 is 0. The summed E-state index contributed by atoms with van der Waals surface area (Å²) in [6, 6.07) is 11.0. The third kappa shape index (κ3) is 6.75. The van der Waals surface area contributed by atoms with Gasteiger partial charge in [-0.1, -0.05) is 0 Å². The van der Waals surface area contributed by atoms with Crippen LogP contribution in [0.1, 0.15) is 6.42 Å². The predicted molar refractivity (Wildman–Crippen MR) is 113 cm³/mol. The maximum Gasteiger partial charge on any atom is 0.258 e. The highest BCUT2D eigenvalue weighted by molar-refractivity contribution is 7.90. The molecular weight excluding hydrogens is 462 g/mol. The number of carbonyl (C=O) groups is 2. The number of rotatable bonds is 10. The summed E-state index contributed by atoms with van der Waals surface area (Å²) < 4.78 is 55.2. The molecule has 2 aromatic rings. The van der Waals surface area contributed by atoms with E-state index in [1.54, 1.807) is 0 Å². The standard InChI is InChI=1S/C19H23N3O8S2/c1-20-18(23)11-12-22(13-19(24)21-25)32(28,29)17-9-5-15(6-10-17)30-14-3-7-16(8-4-14)31(2,26)27/h3-10,25H,11-13H2,1-2H3,(H,20,23)(H,21,24). The Bertz CT molecular complexity index is 1160. The van der Waals surface area contributed by atoms with Crippen LogP contribution in [-0.2, 0) is 29.4 Å². The number of hydrogen-bond donors (Lipinski definition) is 3. The Hall–Kier alpha value is -3.00. The summed E-state index contributed by atoms with van der Waals surface area (Å²) in [4.78, 5) is 23.0. The van der Waals surface area contributed by atoms with Crippen LogP contribution in [0.15, 0.2) is 58.3 Å². The first-order valence-electron chi connectivity index (χ1n) is 9.19. The number of benzene rings is 2. The van der Waals surface area contributed by atoms with E-state index in [4.69, 9.17) is 9.94 Å². The van der Waals surface area contributed by atoms with Crippen LogP contribution in [-0.4, -0.2) is 64.6 Å². The number of ether oxygens (including phenoxy) is 1. The van der Waals surface area contributed by atoms with E-state index in [9.17, 15) is 26.4 Å². The van der Waals surface area contributed by atoms with E-state index in [-0.39, 0.29) is 22.8 Å². The highest BCUT2D eigenvalue weighted by Crippen LogP contribution is 2.25. The van der Waals surface area contributed by atoms with Crippen molar-refractivity contribution in [1.82, 2.24) is 15.1 Å². The van der Waals surface area contributed by atoms with Gasteiger partial charge >= 0.3 is 0 Å². The lowest BCUT2D eigenvalue weighted by Crippen LogP contribution is -2.41. The molecule has 0 aliphatic heterocycles. The van der Waals surface area contributed by atoms with Gasteiger partial charge in [0.15, 0.2) is 9.84 Å². The van der Waals surface area contributed by atoms with Crippen molar-refractivity contribution in [1.29, 1.82) is 0 Å². The van der Waals surface area contributed by atoms with Crippen molar-refractivity contribution in [3.63, 3.8) is 0 Å². The molecular formula is C19H23N3O8S2. The zero-order valence-electron chi connectivity index (χ0n) is 17.3. The van der Waals surface area contributed by atoms with Gasteiger partial charge in [-0.15, -0.1) is 0 Å². The summed E-state index contributed by atoms with van der Waals surface area (Å²) in [6.45, 7) is -0.957. The maximum absolute atomic E-state index is 12.9. The Labute approximate surface area is 185 Å². The number of nitrogens with zero attached hydrogens (tertiary/aromatic N) is 1. The molecule has 0 unspecified atom stereocenters. The van der Waals surface area contributed by atoms with E-state index in [2.05, 4.69) is 5.32 Å². The summed E-state index contributed by atoms with van der Waals surface area (Å²) in [6.07, 6.45) is 0.906. The van der Waals surface area contributed by atoms with Crippen LogP contribution < -0.4 is 15.5 Å². The molecule has 0 aliphatic carbocycles. The lowest BCUT2D eigenvalue weighted by molar-refractivity contribution is -0.129. The van der Waals surface area contributed by atoms with Gasteiger partial charge < -0.3 is 10.1 Å². The Balaban J connectivity index is 2.20. The third-order valence-electron chi connectivity index (χ3n) is 4.26. The molecule has 174 valence electrons. The fourth-order valence-corrected chi connectivity index (χ4v) is 4.58. The molecule has 2 rings (SSSR count). The van der Waals surface area contributed by atoms with Crippen molar-refractivity contribution in [3.05, 3.63) is 48.5 Å². The lowest BCUT2D eigenvalue weighted by atomic mass is 10.3. The van der Waals surface area contributed by atoms with Gasteiger partial charge in [-0.2, -0.15) is 4.31 Å². The molecule has 13 heteroatoms. The molecule has 0 fully saturated rings. The smallest absolute Gasteiger partial charge is 0.258 e. The van der Waals surface area contributed by atoms with Gasteiger partial charge in [0.05, 0.1) is 16.3 Å². The predicted octanol–water partition coefficient (Wildman–Crippen LogP) is 0.515. The van der Waals surface area contributed by atoms with Crippen LogP contribution in [0.2, 0.25) is 0 Å². The number of nitrogens with one attached hydrogen (secondary N) is 2. The molecule has 0 heterocycles. The molecule has 3 N–H and O–H groups in total. The highest BCUT2D eigenvalue weighted by Gasteiger charge is 2.27. The number of hydroxylamine groups is 1. The fraction of sp³-hybridized carbons (Fsp3) is 0.263. The first-order chi connectivity index (χ1) is 15.0. The molecule has 0 atom stereocenters. The molecule has 0 saturated carbocycles. The minimum absolute atomic E-state index is 0.134. The SMILES string of the molecule is CNC(=O)CCN(CC(=O)NO)S(=O)(=O)c1ccc(Oc2ccc(S(C)(=O)=O)cc2)cc1. The van der Waals surface area contributed by atoms with Crippen LogP contribution >= 0.6 is 0 Å². The molecule has 0 spiro atoms. The molecule has 0 aromatic heterocycles. The fourth-order valence-electron chi connectivity index (χ4n) is 2.55. The van der Waals surface area contributed by atoms with E-state index < -0.39 is 38.2 Å². The molecule has 0 saturated heterocycles. The molecule has 0 bridgehead atoms. The van der Waals surface area contributed by atoms with Gasteiger partial charge in [-0.05, 0) is 48.5 Å². The first kappa shape index (κ1) is 25.3. The number of carbonyl (C=O) groups excluding carboxylic acids is 2. The highest BCUT2D eigenvalue weighted by atomic mass is 32.2. The average Bonchev–Trinajstić information content (AvgIpc) is 2.76. The van der Waals surface area contributed by atoms with Gasteiger partial charge in [-0.25, -0.2) is 22.3 Å². The monoisotopic (exact) mass is 485 g/mol. The van der Waals surface area contributed by atoms with Crippen LogP contribution in [0.5, 0.6) is 11.5 Å². The topological polar surface area (TPSA) is 159 Å². The summed E-state index contributed by atoms with van der Waals surface area (Å²) in [5.74, 6) is -0.732. The number of hydrogen-bond acceptors (Lipinski definition) is 8. The summed E-state index contributed by atoms with van der Waals surface area (Å²) in [5.41, 5.74) is 1.37. The molecule has 2 amide bonds. The minimum Gasteiger partial charge on any atom is -0.457 e. The second-order valence-corrected chi connectivity index (χ2v) is 10.6. The largest absolute Gasteiger partial charge is 0.457 e. The van der Waals surface area contributed by atoms with Crippen molar-refractivity contribution in [3.8, 4) is 11.5 Å². The second kappa shape index (κ2) is 10.5. The summed E-state index contributed by atoms with van der Waals surface area (Å²) in [7, 11) is -6.11. The van der Waals surface area contributed by atoms with Gasteiger partial charge in [-0.3, -0.25) is 14.8 Å². The van der Waals surface area contributed by atoms with Crippen LogP contribution in [0.25, 0.3) is 0 Å². The number of amides is 2. The van der Waals surface area contributed by atoms with Crippen LogP contribution in [0.3, 0.4) is 0 Å². The maximum atomic E-state index is 12.9. The Kier molecular flexibility index (Phi) is 8.32. The van der Waals surface area contributed by atoms with Gasteiger partial charge in [0.25, 0.3) is 5.91 Å². The molecule has 11 nitrogen and oxygen atoms in total. The zero-order valence-corrected chi connectivity index (χ0v) is 18.9. The van der Waals surface area contributed by atoms with Crippen LogP contribution in [0.4, 0.5) is 0 Å². The molecule has 0 radical (unpaired) electrons. The lowest BCUT2D eigenvalue weighted by Gasteiger charge is -2.21. The molecule has 32 heavy (non-hydrogen) atoms. The number of sulfone groups is 1.